The number of aromatic nitrogens is 2. The van der Waals surface area contributed by atoms with Gasteiger partial charge in [-0.25, -0.2) is 9.97 Å². The number of morpholine rings is 1. The molecule has 2 aromatic carbocycles. The van der Waals surface area contributed by atoms with Crippen LogP contribution in [0.1, 0.15) is 0 Å². The van der Waals surface area contributed by atoms with Crippen molar-refractivity contribution in [3.05, 3.63) is 54.9 Å². The lowest BCUT2D eigenvalue weighted by Crippen LogP contribution is -2.36. The molecule has 1 saturated heterocycles. The molecular weight excluding hydrogens is 360 g/mol. The zero-order valence-electron chi connectivity index (χ0n) is 14.8. The maximum atomic E-state index is 12.4. The molecule has 2 heterocycles. The lowest BCUT2D eigenvalue weighted by atomic mass is 10.1. The van der Waals surface area contributed by atoms with Crippen LogP contribution >= 0.6 is 11.8 Å². The Labute approximate surface area is 162 Å². The minimum absolute atomic E-state index is 0.0529. The molecule has 6 nitrogen and oxygen atoms in total. The van der Waals surface area contributed by atoms with E-state index < -0.39 is 0 Å². The number of amides is 1. The number of rotatable bonds is 5. The third-order valence-corrected chi connectivity index (χ3v) is 5.30. The molecule has 0 atom stereocenters. The Hall–Kier alpha value is -2.64. The summed E-state index contributed by atoms with van der Waals surface area (Å²) < 4.78 is 5.37. The Morgan fingerprint density at radius 1 is 1.11 bits per heavy atom. The van der Waals surface area contributed by atoms with Crippen LogP contribution < -0.4 is 10.2 Å². The summed E-state index contributed by atoms with van der Waals surface area (Å²) in [5, 5.41) is 5.94. The summed E-state index contributed by atoms with van der Waals surface area (Å²) in [7, 11) is 0. The molecule has 1 amide bonds. The minimum atomic E-state index is -0.0529. The van der Waals surface area contributed by atoms with Crippen molar-refractivity contribution in [1.82, 2.24) is 9.97 Å². The average Bonchev–Trinajstić information content (AvgIpc) is 2.73. The second kappa shape index (κ2) is 8.37. The van der Waals surface area contributed by atoms with Gasteiger partial charge in [-0.2, -0.15) is 0 Å². The van der Waals surface area contributed by atoms with Gasteiger partial charge >= 0.3 is 0 Å². The first kappa shape index (κ1) is 17.8. The first-order valence-electron chi connectivity index (χ1n) is 8.85. The summed E-state index contributed by atoms with van der Waals surface area (Å²) in [5.74, 6) is 1.12. The number of carbonyl (C=O) groups is 1. The second-order valence-corrected chi connectivity index (χ2v) is 7.17. The number of thioether (sulfide) groups is 1. The summed E-state index contributed by atoms with van der Waals surface area (Å²) in [6.45, 7) is 3.06. The van der Waals surface area contributed by atoms with Gasteiger partial charge in [0.2, 0.25) is 5.91 Å². The molecule has 4 rings (SSSR count). The molecule has 1 aliphatic rings. The number of hydrogen-bond donors (Lipinski definition) is 1. The number of carbonyl (C=O) groups excluding carboxylic acids is 1. The average molecular weight is 380 g/mol. The Morgan fingerprint density at radius 3 is 2.81 bits per heavy atom. The topological polar surface area (TPSA) is 67.4 Å². The van der Waals surface area contributed by atoms with Gasteiger partial charge in [0.1, 0.15) is 17.2 Å². The van der Waals surface area contributed by atoms with Crippen molar-refractivity contribution in [3.63, 3.8) is 0 Å². The van der Waals surface area contributed by atoms with Crippen molar-refractivity contribution < 1.29 is 9.53 Å². The van der Waals surface area contributed by atoms with E-state index in [0.29, 0.717) is 19.0 Å². The van der Waals surface area contributed by atoms with Gasteiger partial charge in [-0.1, -0.05) is 48.2 Å². The zero-order chi connectivity index (χ0) is 18.5. The molecule has 3 aromatic rings. The number of anilines is 2. The van der Waals surface area contributed by atoms with Gasteiger partial charge in [-0.05, 0) is 11.5 Å². The van der Waals surface area contributed by atoms with Crippen LogP contribution in [0.2, 0.25) is 0 Å². The number of hydrogen-bond acceptors (Lipinski definition) is 6. The Balaban J connectivity index is 1.39. The molecule has 0 saturated carbocycles. The van der Waals surface area contributed by atoms with Crippen LogP contribution in [0.5, 0.6) is 0 Å². The molecule has 1 aliphatic heterocycles. The van der Waals surface area contributed by atoms with Gasteiger partial charge in [-0.15, -0.1) is 0 Å². The molecule has 1 aromatic heterocycles. The molecule has 0 spiro atoms. The molecule has 0 bridgehead atoms. The van der Waals surface area contributed by atoms with Gasteiger partial charge in [-0.3, -0.25) is 4.79 Å². The monoisotopic (exact) mass is 380 g/mol. The van der Waals surface area contributed by atoms with Crippen molar-refractivity contribution in [2.45, 2.75) is 5.03 Å². The number of nitrogens with zero attached hydrogens (tertiary/aromatic N) is 3. The highest BCUT2D eigenvalue weighted by molar-refractivity contribution is 7.99. The molecule has 0 unspecified atom stereocenters. The van der Waals surface area contributed by atoms with Crippen molar-refractivity contribution in [1.29, 1.82) is 0 Å². The van der Waals surface area contributed by atoms with E-state index in [4.69, 9.17) is 4.74 Å². The largest absolute Gasteiger partial charge is 0.378 e. The van der Waals surface area contributed by atoms with Crippen LogP contribution in [0.15, 0.2) is 59.9 Å². The van der Waals surface area contributed by atoms with Crippen molar-refractivity contribution in [2.24, 2.45) is 0 Å². The second-order valence-electron chi connectivity index (χ2n) is 6.18. The fraction of sp³-hybridized carbons (Fsp3) is 0.250. The zero-order valence-corrected chi connectivity index (χ0v) is 15.6. The van der Waals surface area contributed by atoms with Crippen LogP contribution in [0.25, 0.3) is 10.8 Å². The van der Waals surface area contributed by atoms with E-state index >= 15 is 0 Å². The van der Waals surface area contributed by atoms with Gasteiger partial charge in [0, 0.05) is 30.2 Å². The molecule has 1 N–H and O–H groups in total. The Morgan fingerprint density at radius 2 is 1.93 bits per heavy atom. The normalized spacial score (nSPS) is 14.3. The maximum absolute atomic E-state index is 12.4. The number of benzene rings is 2. The van der Waals surface area contributed by atoms with Gasteiger partial charge in [0.25, 0.3) is 0 Å². The Bertz CT molecular complexity index is 939. The van der Waals surface area contributed by atoms with E-state index in [1.54, 1.807) is 6.33 Å². The predicted octanol–water partition coefficient (Wildman–Crippen LogP) is 3.20. The van der Waals surface area contributed by atoms with E-state index in [9.17, 15) is 4.79 Å². The highest BCUT2D eigenvalue weighted by atomic mass is 32.2. The standard InChI is InChI=1S/C20H20N4O2S/c25-19(23-17-7-3-5-15-4-1-2-6-16(15)17)13-27-20-12-18(21-14-22-20)24-8-10-26-11-9-24/h1-7,12,14H,8-11,13H2,(H,23,25). The lowest BCUT2D eigenvalue weighted by Gasteiger charge is -2.27. The fourth-order valence-corrected chi connectivity index (χ4v) is 3.70. The van der Waals surface area contributed by atoms with E-state index in [2.05, 4.69) is 20.2 Å². The van der Waals surface area contributed by atoms with E-state index in [1.165, 1.54) is 11.8 Å². The number of fused-ring (bicyclic) bond motifs is 1. The fourth-order valence-electron chi connectivity index (χ4n) is 3.03. The van der Waals surface area contributed by atoms with Crippen molar-refractivity contribution in [3.8, 4) is 0 Å². The molecule has 27 heavy (non-hydrogen) atoms. The molecule has 1 fully saturated rings. The van der Waals surface area contributed by atoms with Crippen LogP contribution in [0, 0.1) is 0 Å². The van der Waals surface area contributed by atoms with Crippen LogP contribution in [-0.2, 0) is 9.53 Å². The predicted molar refractivity (Wildman–Crippen MR) is 108 cm³/mol. The quantitative estimate of drug-likeness (QED) is 0.542. The Kier molecular flexibility index (Phi) is 5.50. The highest BCUT2D eigenvalue weighted by Crippen LogP contribution is 2.24. The first-order chi connectivity index (χ1) is 13.3. The maximum Gasteiger partial charge on any atom is 0.234 e. The summed E-state index contributed by atoms with van der Waals surface area (Å²) in [6.07, 6.45) is 1.55. The molecule has 138 valence electrons. The van der Waals surface area contributed by atoms with E-state index in [-0.39, 0.29) is 5.91 Å². The van der Waals surface area contributed by atoms with Gasteiger partial charge < -0.3 is 15.0 Å². The number of nitrogens with one attached hydrogen (secondary N) is 1. The van der Waals surface area contributed by atoms with E-state index in [1.807, 2.05) is 48.5 Å². The number of ether oxygens (including phenoxy) is 1. The van der Waals surface area contributed by atoms with Crippen LogP contribution in [0.3, 0.4) is 0 Å². The summed E-state index contributed by atoms with van der Waals surface area (Å²) in [5.41, 5.74) is 0.829. The van der Waals surface area contributed by atoms with E-state index in [0.717, 1.165) is 40.4 Å². The molecular formula is C20H20N4O2S. The van der Waals surface area contributed by atoms with Crippen molar-refractivity contribution >= 4 is 39.9 Å². The van der Waals surface area contributed by atoms with Gasteiger partial charge in [0.15, 0.2) is 0 Å². The van der Waals surface area contributed by atoms with Gasteiger partial charge in [0.05, 0.1) is 19.0 Å². The molecule has 7 heteroatoms. The summed E-state index contributed by atoms with van der Waals surface area (Å²) in [6, 6.07) is 15.8. The lowest BCUT2D eigenvalue weighted by molar-refractivity contribution is -0.113. The highest BCUT2D eigenvalue weighted by Gasteiger charge is 2.14. The SMILES string of the molecule is O=C(CSc1cc(N2CCOCC2)ncn1)Nc1cccc2ccccc12. The van der Waals surface area contributed by atoms with Crippen molar-refractivity contribution in [2.75, 3.05) is 42.3 Å². The smallest absolute Gasteiger partial charge is 0.234 e. The third kappa shape index (κ3) is 4.37. The minimum Gasteiger partial charge on any atom is -0.378 e. The van der Waals surface area contributed by atoms with Crippen LogP contribution in [0.4, 0.5) is 11.5 Å². The first-order valence-corrected chi connectivity index (χ1v) is 9.83. The molecule has 0 radical (unpaired) electrons. The molecule has 0 aliphatic carbocycles. The van der Waals surface area contributed by atoms with Crippen LogP contribution in [-0.4, -0.2) is 47.9 Å². The third-order valence-electron chi connectivity index (χ3n) is 4.38. The summed E-state index contributed by atoms with van der Waals surface area (Å²) >= 11 is 1.41. The summed E-state index contributed by atoms with van der Waals surface area (Å²) in [4.78, 5) is 23.2.